The lowest BCUT2D eigenvalue weighted by Gasteiger charge is -2.44. The van der Waals surface area contributed by atoms with E-state index in [1.54, 1.807) is 6.20 Å². The highest BCUT2D eigenvalue weighted by atomic mass is 35.5. The summed E-state index contributed by atoms with van der Waals surface area (Å²) >= 11 is 6.49. The molecule has 1 fully saturated rings. The molecule has 4 N–H and O–H groups in total. The van der Waals surface area contributed by atoms with Gasteiger partial charge in [-0.15, -0.1) is 0 Å². The summed E-state index contributed by atoms with van der Waals surface area (Å²) < 4.78 is 6.34. The van der Waals surface area contributed by atoms with E-state index in [0.717, 1.165) is 42.9 Å². The smallest absolute Gasteiger partial charge is 0.138 e. The van der Waals surface area contributed by atoms with Crippen LogP contribution in [0.1, 0.15) is 44.6 Å². The fourth-order valence-corrected chi connectivity index (χ4v) is 4.93. The van der Waals surface area contributed by atoms with Crippen LogP contribution < -0.4 is 16.2 Å². The van der Waals surface area contributed by atoms with E-state index in [9.17, 15) is 0 Å². The molecule has 1 aliphatic carbocycles. The summed E-state index contributed by atoms with van der Waals surface area (Å²) in [5.41, 5.74) is 14.0. The van der Waals surface area contributed by atoms with Gasteiger partial charge < -0.3 is 16.2 Å². The number of anilines is 1. The van der Waals surface area contributed by atoms with Gasteiger partial charge in [-0.3, -0.25) is 0 Å². The second-order valence-corrected chi connectivity index (χ2v) is 8.46. The van der Waals surface area contributed by atoms with Gasteiger partial charge in [0, 0.05) is 23.0 Å². The molecule has 0 spiro atoms. The van der Waals surface area contributed by atoms with Gasteiger partial charge in [0.1, 0.15) is 11.6 Å². The molecule has 1 aromatic heterocycles. The molecule has 1 unspecified atom stereocenters. The monoisotopic (exact) mass is 409 g/mol. The van der Waals surface area contributed by atoms with Crippen molar-refractivity contribution in [1.29, 1.82) is 0 Å². The fraction of sp³-hybridized carbons (Fsp3) is 0.375. The zero-order chi connectivity index (χ0) is 20.4. The molecule has 1 aliphatic rings. The summed E-state index contributed by atoms with van der Waals surface area (Å²) in [6, 6.07) is 16.6. The molecule has 4 nitrogen and oxygen atoms in total. The molecule has 1 atom stereocenters. The number of pyridine rings is 1. The van der Waals surface area contributed by atoms with Crippen molar-refractivity contribution in [2.45, 2.75) is 56.6 Å². The van der Waals surface area contributed by atoms with Crippen molar-refractivity contribution in [3.63, 3.8) is 0 Å². The Morgan fingerprint density at radius 1 is 1.17 bits per heavy atom. The first-order chi connectivity index (χ1) is 14.0. The summed E-state index contributed by atoms with van der Waals surface area (Å²) in [6.07, 6.45) is 6.73. The highest BCUT2D eigenvalue weighted by molar-refractivity contribution is 6.33. The number of nitrogens with zero attached hydrogens (tertiary/aromatic N) is 1. The van der Waals surface area contributed by atoms with Crippen LogP contribution in [0, 0.1) is 0 Å². The van der Waals surface area contributed by atoms with Gasteiger partial charge in [-0.05, 0) is 61.3 Å². The molecular formula is C24H28ClN3O. The maximum atomic E-state index is 6.63. The summed E-state index contributed by atoms with van der Waals surface area (Å²) in [5.74, 6) is 1.19. The van der Waals surface area contributed by atoms with Crippen LogP contribution >= 0.6 is 11.6 Å². The number of nitrogens with two attached hydrogens (primary N) is 2. The van der Waals surface area contributed by atoms with Crippen molar-refractivity contribution in [2.75, 3.05) is 5.73 Å². The number of benzene rings is 2. The zero-order valence-corrected chi connectivity index (χ0v) is 17.5. The molecule has 0 amide bonds. The Hall–Kier alpha value is -2.30. The van der Waals surface area contributed by atoms with Crippen molar-refractivity contribution in [2.24, 2.45) is 5.73 Å². The van der Waals surface area contributed by atoms with Crippen molar-refractivity contribution < 1.29 is 4.74 Å². The van der Waals surface area contributed by atoms with E-state index < -0.39 is 0 Å². The Kier molecular flexibility index (Phi) is 5.66. The summed E-state index contributed by atoms with van der Waals surface area (Å²) in [6.45, 7) is 2.17. The summed E-state index contributed by atoms with van der Waals surface area (Å²) in [4.78, 5) is 4.13. The van der Waals surface area contributed by atoms with Crippen LogP contribution in [0.2, 0.25) is 5.02 Å². The third-order valence-corrected chi connectivity index (χ3v) is 6.76. The number of hydrogen-bond acceptors (Lipinski definition) is 4. The lowest BCUT2D eigenvalue weighted by atomic mass is 9.64. The van der Waals surface area contributed by atoms with E-state index in [1.807, 2.05) is 18.2 Å². The SMILES string of the molecule is CCC(N)C1(c2ccccc2)CCC(Oc2cc3ccnc(N)c3cc2Cl)CC1. The van der Waals surface area contributed by atoms with Crippen LogP contribution in [0.3, 0.4) is 0 Å². The predicted octanol–water partition coefficient (Wildman–Crippen LogP) is 5.47. The topological polar surface area (TPSA) is 74.2 Å². The van der Waals surface area contributed by atoms with Crippen molar-refractivity contribution in [3.8, 4) is 5.75 Å². The first-order valence-electron chi connectivity index (χ1n) is 10.3. The standard InChI is InChI=1S/C24H28ClN3O/c1-2-22(26)24(17-6-4-3-5-7-17)11-8-18(9-12-24)29-21-14-16-10-13-28-23(27)19(16)15-20(21)25/h3-7,10,13-15,18,22H,2,8-9,11-12,26H2,1H3,(H2,27,28). The minimum atomic E-state index is 0.0170. The lowest BCUT2D eigenvalue weighted by Crippen LogP contribution is -2.48. The number of nitrogen functional groups attached to an aromatic ring is 1. The van der Waals surface area contributed by atoms with E-state index >= 15 is 0 Å². The molecular weight excluding hydrogens is 382 g/mol. The predicted molar refractivity (Wildman–Crippen MR) is 120 cm³/mol. The van der Waals surface area contributed by atoms with E-state index in [0.29, 0.717) is 16.6 Å². The number of halogens is 1. The summed E-state index contributed by atoms with van der Waals surface area (Å²) in [5, 5.41) is 2.41. The van der Waals surface area contributed by atoms with E-state index in [-0.39, 0.29) is 17.6 Å². The number of fused-ring (bicyclic) bond motifs is 1. The van der Waals surface area contributed by atoms with Gasteiger partial charge in [0.05, 0.1) is 11.1 Å². The van der Waals surface area contributed by atoms with E-state index in [1.165, 1.54) is 5.56 Å². The van der Waals surface area contributed by atoms with Crippen LogP contribution in [0.4, 0.5) is 5.82 Å². The minimum absolute atomic E-state index is 0.0170. The fourth-order valence-electron chi connectivity index (χ4n) is 4.72. The average Bonchev–Trinajstić information content (AvgIpc) is 2.76. The van der Waals surface area contributed by atoms with Crippen LogP contribution in [0.5, 0.6) is 5.75 Å². The van der Waals surface area contributed by atoms with Gasteiger partial charge in [-0.2, -0.15) is 0 Å². The van der Waals surface area contributed by atoms with Crippen LogP contribution in [-0.4, -0.2) is 17.1 Å². The molecule has 29 heavy (non-hydrogen) atoms. The second kappa shape index (κ2) is 8.21. The van der Waals surface area contributed by atoms with Gasteiger partial charge in [0.15, 0.2) is 0 Å². The minimum Gasteiger partial charge on any atom is -0.489 e. The van der Waals surface area contributed by atoms with Crippen molar-refractivity contribution >= 4 is 28.2 Å². The maximum Gasteiger partial charge on any atom is 0.138 e. The maximum absolute atomic E-state index is 6.63. The van der Waals surface area contributed by atoms with Crippen LogP contribution in [0.25, 0.3) is 10.8 Å². The number of aromatic nitrogens is 1. The molecule has 3 aromatic rings. The molecule has 0 aliphatic heterocycles. The van der Waals surface area contributed by atoms with Crippen molar-refractivity contribution in [1.82, 2.24) is 4.98 Å². The normalized spacial score (nSPS) is 23.1. The quantitative estimate of drug-likeness (QED) is 0.586. The Balaban J connectivity index is 1.54. The van der Waals surface area contributed by atoms with Crippen LogP contribution in [-0.2, 0) is 5.41 Å². The Labute approximate surface area is 177 Å². The Morgan fingerprint density at radius 2 is 1.90 bits per heavy atom. The average molecular weight is 410 g/mol. The first kappa shape index (κ1) is 20.0. The first-order valence-corrected chi connectivity index (χ1v) is 10.7. The number of rotatable bonds is 5. The second-order valence-electron chi connectivity index (χ2n) is 8.05. The number of ether oxygens (including phenoxy) is 1. The van der Waals surface area contributed by atoms with Crippen LogP contribution in [0.15, 0.2) is 54.7 Å². The number of hydrogen-bond donors (Lipinski definition) is 2. The molecule has 4 rings (SSSR count). The van der Waals surface area contributed by atoms with Crippen molar-refractivity contribution in [3.05, 3.63) is 65.3 Å². The van der Waals surface area contributed by atoms with Gasteiger partial charge in [0.2, 0.25) is 0 Å². The van der Waals surface area contributed by atoms with E-state index in [4.69, 9.17) is 27.8 Å². The molecule has 0 bridgehead atoms. The lowest BCUT2D eigenvalue weighted by molar-refractivity contribution is 0.104. The van der Waals surface area contributed by atoms with Gasteiger partial charge in [-0.1, -0.05) is 48.9 Å². The third-order valence-electron chi connectivity index (χ3n) is 6.46. The van der Waals surface area contributed by atoms with Gasteiger partial charge in [-0.25, -0.2) is 4.98 Å². The molecule has 0 radical (unpaired) electrons. The van der Waals surface area contributed by atoms with Gasteiger partial charge in [0.25, 0.3) is 0 Å². The molecule has 1 saturated carbocycles. The highest BCUT2D eigenvalue weighted by Gasteiger charge is 2.41. The molecule has 152 valence electrons. The zero-order valence-electron chi connectivity index (χ0n) is 16.8. The Bertz CT molecular complexity index is 984. The highest BCUT2D eigenvalue weighted by Crippen LogP contribution is 2.44. The largest absolute Gasteiger partial charge is 0.489 e. The Morgan fingerprint density at radius 3 is 2.59 bits per heavy atom. The van der Waals surface area contributed by atoms with E-state index in [2.05, 4.69) is 42.2 Å². The molecule has 2 aromatic carbocycles. The molecule has 0 saturated heterocycles. The molecule has 5 heteroatoms. The van der Waals surface area contributed by atoms with Gasteiger partial charge >= 0.3 is 0 Å². The third kappa shape index (κ3) is 3.79. The summed E-state index contributed by atoms with van der Waals surface area (Å²) in [7, 11) is 0. The molecule has 1 heterocycles.